The molecule has 3 atom stereocenters. The molecule has 1 aromatic carbocycles. The Morgan fingerprint density at radius 3 is 2.95 bits per heavy atom. The highest BCUT2D eigenvalue weighted by molar-refractivity contribution is 7.85. The minimum atomic E-state index is -0.900. The predicted octanol–water partition coefficient (Wildman–Crippen LogP) is 2.19. The van der Waals surface area contributed by atoms with Crippen molar-refractivity contribution in [1.82, 2.24) is 5.32 Å². The van der Waals surface area contributed by atoms with Crippen LogP contribution in [0.4, 0.5) is 0 Å². The maximum absolute atomic E-state index is 12.4. The zero-order valence-corrected chi connectivity index (χ0v) is 13.9. The second-order valence-electron chi connectivity index (χ2n) is 5.49. The quantitative estimate of drug-likeness (QED) is 0.838. The van der Waals surface area contributed by atoms with Gasteiger partial charge in [-0.15, -0.1) is 0 Å². The molecule has 2 rings (SSSR count). The van der Waals surface area contributed by atoms with Crippen LogP contribution in [0, 0.1) is 6.92 Å². The lowest BCUT2D eigenvalue weighted by Crippen LogP contribution is -2.27. The van der Waals surface area contributed by atoms with Crippen LogP contribution in [0.2, 0.25) is 0 Å². The Morgan fingerprint density at radius 2 is 2.33 bits per heavy atom. The summed E-state index contributed by atoms with van der Waals surface area (Å²) in [5.74, 6) is 2.05. The van der Waals surface area contributed by atoms with E-state index in [0.29, 0.717) is 11.5 Å². The van der Waals surface area contributed by atoms with Crippen LogP contribution in [0.15, 0.2) is 18.2 Å². The van der Waals surface area contributed by atoms with Gasteiger partial charge in [-0.1, -0.05) is 17.7 Å². The molecule has 1 fully saturated rings. The highest BCUT2D eigenvalue weighted by Gasteiger charge is 2.22. The van der Waals surface area contributed by atoms with Crippen LogP contribution in [0.1, 0.15) is 30.0 Å². The molecular weight excluding hydrogens is 286 g/mol. The minimum absolute atomic E-state index is 0.0297. The number of benzene rings is 1. The van der Waals surface area contributed by atoms with Crippen molar-refractivity contribution in [3.8, 4) is 5.75 Å². The van der Waals surface area contributed by atoms with Crippen molar-refractivity contribution in [2.24, 2.45) is 0 Å². The van der Waals surface area contributed by atoms with Crippen LogP contribution in [-0.4, -0.2) is 42.6 Å². The second kappa shape index (κ2) is 7.92. The summed E-state index contributed by atoms with van der Waals surface area (Å²) in [6, 6.07) is 6.13. The molecule has 1 aliphatic rings. The van der Waals surface area contributed by atoms with E-state index in [9.17, 15) is 4.21 Å². The lowest BCUT2D eigenvalue weighted by Gasteiger charge is -2.20. The molecule has 0 amide bonds. The first kappa shape index (κ1) is 16.5. The van der Waals surface area contributed by atoms with Crippen LogP contribution in [0.5, 0.6) is 5.75 Å². The molecule has 0 radical (unpaired) electrons. The van der Waals surface area contributed by atoms with Gasteiger partial charge in [-0.3, -0.25) is 4.21 Å². The smallest absolute Gasteiger partial charge is 0.123 e. The maximum atomic E-state index is 12.4. The molecule has 118 valence electrons. The standard InChI is InChI=1S/C16H25NO3S/c1-12-6-7-16(19-3)14(9-12)15(17-2)11-21(18)10-13-5-4-8-20-13/h6-7,9,13,15,17H,4-5,8,10-11H2,1-3H3. The van der Waals surface area contributed by atoms with Gasteiger partial charge in [0.2, 0.25) is 0 Å². The summed E-state index contributed by atoms with van der Waals surface area (Å²) >= 11 is 0. The predicted molar refractivity (Wildman–Crippen MR) is 86.4 cm³/mol. The zero-order valence-electron chi connectivity index (χ0n) is 13.1. The fourth-order valence-corrected chi connectivity index (χ4v) is 4.22. The molecule has 0 bridgehead atoms. The number of nitrogens with one attached hydrogen (secondary N) is 1. The first-order chi connectivity index (χ1) is 10.1. The van der Waals surface area contributed by atoms with Gasteiger partial charge in [0.1, 0.15) is 5.75 Å². The van der Waals surface area contributed by atoms with Crippen molar-refractivity contribution in [2.45, 2.75) is 31.9 Å². The number of hydrogen-bond acceptors (Lipinski definition) is 4. The Bertz CT molecular complexity index is 486. The van der Waals surface area contributed by atoms with E-state index in [0.717, 1.165) is 30.8 Å². The molecule has 1 N–H and O–H groups in total. The molecule has 1 aliphatic heterocycles. The first-order valence-corrected chi connectivity index (χ1v) is 8.91. The summed E-state index contributed by atoms with van der Waals surface area (Å²) in [4.78, 5) is 0. The summed E-state index contributed by atoms with van der Waals surface area (Å²) in [6.45, 7) is 2.86. The monoisotopic (exact) mass is 311 g/mol. The van der Waals surface area contributed by atoms with E-state index in [1.165, 1.54) is 5.56 Å². The van der Waals surface area contributed by atoms with E-state index in [1.807, 2.05) is 19.2 Å². The molecule has 1 aromatic rings. The maximum Gasteiger partial charge on any atom is 0.123 e. The lowest BCUT2D eigenvalue weighted by molar-refractivity contribution is 0.128. The van der Waals surface area contributed by atoms with Crippen LogP contribution < -0.4 is 10.1 Å². The van der Waals surface area contributed by atoms with Crippen LogP contribution in [0.25, 0.3) is 0 Å². The van der Waals surface area contributed by atoms with Gasteiger partial charge in [0.05, 0.1) is 13.2 Å². The molecule has 0 spiro atoms. The molecule has 0 saturated carbocycles. The van der Waals surface area contributed by atoms with Crippen molar-refractivity contribution in [3.05, 3.63) is 29.3 Å². The summed E-state index contributed by atoms with van der Waals surface area (Å²) < 4.78 is 23.4. The third-order valence-electron chi connectivity index (χ3n) is 3.86. The Balaban J connectivity index is 2.04. The fourth-order valence-electron chi connectivity index (χ4n) is 2.69. The Kier molecular flexibility index (Phi) is 6.21. The molecule has 1 saturated heterocycles. The van der Waals surface area contributed by atoms with Crippen molar-refractivity contribution >= 4 is 10.8 Å². The Morgan fingerprint density at radius 1 is 1.52 bits per heavy atom. The summed E-state index contributed by atoms with van der Waals surface area (Å²) in [5, 5.41) is 3.26. The highest BCUT2D eigenvalue weighted by atomic mass is 32.2. The van der Waals surface area contributed by atoms with E-state index >= 15 is 0 Å². The van der Waals surface area contributed by atoms with Gasteiger partial charge in [-0.2, -0.15) is 0 Å². The van der Waals surface area contributed by atoms with Gasteiger partial charge in [0.25, 0.3) is 0 Å². The molecule has 1 heterocycles. The van der Waals surface area contributed by atoms with Crippen molar-refractivity contribution in [3.63, 3.8) is 0 Å². The average molecular weight is 311 g/mol. The normalized spacial score (nSPS) is 21.2. The summed E-state index contributed by atoms with van der Waals surface area (Å²) in [6.07, 6.45) is 2.29. The second-order valence-corrected chi connectivity index (χ2v) is 7.04. The van der Waals surface area contributed by atoms with Gasteiger partial charge < -0.3 is 14.8 Å². The molecular formula is C16H25NO3S. The Labute approximate surface area is 129 Å². The van der Waals surface area contributed by atoms with Gasteiger partial charge in [0, 0.05) is 40.5 Å². The third kappa shape index (κ3) is 4.53. The average Bonchev–Trinajstić information content (AvgIpc) is 2.97. The number of ether oxygens (including phenoxy) is 2. The lowest BCUT2D eigenvalue weighted by atomic mass is 10.0. The van der Waals surface area contributed by atoms with Crippen molar-refractivity contribution < 1.29 is 13.7 Å². The van der Waals surface area contributed by atoms with E-state index in [-0.39, 0.29) is 12.1 Å². The van der Waals surface area contributed by atoms with Gasteiger partial charge >= 0.3 is 0 Å². The highest BCUT2D eigenvalue weighted by Crippen LogP contribution is 2.27. The van der Waals surface area contributed by atoms with E-state index in [4.69, 9.17) is 9.47 Å². The minimum Gasteiger partial charge on any atom is -0.496 e. The van der Waals surface area contributed by atoms with Crippen molar-refractivity contribution in [2.75, 3.05) is 32.3 Å². The molecule has 3 unspecified atom stereocenters. The number of hydrogen-bond donors (Lipinski definition) is 1. The summed E-state index contributed by atoms with van der Waals surface area (Å²) in [5.41, 5.74) is 2.25. The van der Waals surface area contributed by atoms with E-state index in [2.05, 4.69) is 18.3 Å². The van der Waals surface area contributed by atoms with Gasteiger partial charge in [-0.05, 0) is 32.9 Å². The molecule has 4 nitrogen and oxygen atoms in total. The number of aryl methyl sites for hydroxylation is 1. The van der Waals surface area contributed by atoms with Gasteiger partial charge in [-0.25, -0.2) is 0 Å². The van der Waals surface area contributed by atoms with Crippen LogP contribution in [-0.2, 0) is 15.5 Å². The molecule has 21 heavy (non-hydrogen) atoms. The molecule has 5 heteroatoms. The number of methoxy groups -OCH3 is 1. The van der Waals surface area contributed by atoms with E-state index < -0.39 is 10.8 Å². The number of rotatable bonds is 7. The first-order valence-electron chi connectivity index (χ1n) is 7.42. The van der Waals surface area contributed by atoms with Gasteiger partial charge in [0.15, 0.2) is 0 Å². The SMILES string of the molecule is CNC(CS(=O)CC1CCCO1)c1cc(C)ccc1OC. The molecule has 0 aromatic heterocycles. The third-order valence-corrected chi connectivity index (χ3v) is 5.31. The largest absolute Gasteiger partial charge is 0.496 e. The summed E-state index contributed by atoms with van der Waals surface area (Å²) in [7, 11) is 2.67. The zero-order chi connectivity index (χ0) is 15.2. The fraction of sp³-hybridized carbons (Fsp3) is 0.625. The van der Waals surface area contributed by atoms with Crippen LogP contribution in [0.3, 0.4) is 0 Å². The Hall–Kier alpha value is -0.910. The topological polar surface area (TPSA) is 47.6 Å². The molecule has 0 aliphatic carbocycles. The van der Waals surface area contributed by atoms with Crippen LogP contribution >= 0.6 is 0 Å². The van der Waals surface area contributed by atoms with Crippen molar-refractivity contribution in [1.29, 1.82) is 0 Å². The van der Waals surface area contributed by atoms with E-state index in [1.54, 1.807) is 7.11 Å².